The number of aryl methyl sites for hydroxylation is 1. The molecule has 2 aromatic heterocycles. The number of carbonyl (C=O) groups excluding carboxylic acids is 1. The highest BCUT2D eigenvalue weighted by Crippen LogP contribution is 2.33. The number of hydrogen-bond acceptors (Lipinski definition) is 13. The zero-order valence-corrected chi connectivity index (χ0v) is 32.2. The molecule has 0 fully saturated rings. The number of amides is 2. The van der Waals surface area contributed by atoms with Gasteiger partial charge in [0.25, 0.3) is 0 Å². The van der Waals surface area contributed by atoms with Crippen molar-refractivity contribution in [3.63, 3.8) is 0 Å². The molecule has 3 aromatic carbocycles. The SMILES string of the molecule is COCCOCCOCCOc1cc(Nc2nccc(Oc3ccc(NC(=O)N/C(=C/C(=N)C(C)C)Nc4ccc(C)cc4)c4ncccc34)n2)cc(OC)c1. The van der Waals surface area contributed by atoms with Gasteiger partial charge in [0.2, 0.25) is 11.8 Å². The largest absolute Gasteiger partial charge is 0.497 e. The third-order valence-corrected chi connectivity index (χ3v) is 8.00. The summed E-state index contributed by atoms with van der Waals surface area (Å²) in [5, 5.41) is 21.1. The standard InChI is InChI=1S/C41H48N8O7/c1-27(2)34(42)26-37(45-29-10-8-28(3)9-11-29)48-41(50)47-35-12-13-36(33-7-6-15-43-39(33)35)56-38-14-16-44-40(49-38)46-30-23-31(52-5)25-32(24-30)55-22-21-54-20-19-53-18-17-51-4/h6-16,23-27,42,45H,17-22H2,1-5H3,(H,44,46,49)(H2,47,48,50)/b37-26+,42-34?. The monoisotopic (exact) mass is 764 g/mol. The number of ether oxygens (including phenoxy) is 6. The van der Waals surface area contributed by atoms with E-state index in [0.29, 0.717) is 90.7 Å². The van der Waals surface area contributed by atoms with Crippen LogP contribution in [-0.4, -0.2) is 80.6 Å². The van der Waals surface area contributed by atoms with Crippen molar-refractivity contribution < 1.29 is 33.2 Å². The molecule has 0 aliphatic carbocycles. The summed E-state index contributed by atoms with van der Waals surface area (Å²) >= 11 is 0. The lowest BCUT2D eigenvalue weighted by Gasteiger charge is -2.16. The highest BCUT2D eigenvalue weighted by molar-refractivity contribution is 6.03. The van der Waals surface area contributed by atoms with E-state index in [1.165, 1.54) is 0 Å². The van der Waals surface area contributed by atoms with Gasteiger partial charge >= 0.3 is 6.03 Å². The van der Waals surface area contributed by atoms with Gasteiger partial charge < -0.3 is 49.8 Å². The summed E-state index contributed by atoms with van der Waals surface area (Å²) in [6, 6.07) is 21.3. The number of nitrogens with one attached hydrogen (secondary N) is 5. The number of rotatable bonds is 21. The van der Waals surface area contributed by atoms with Crippen LogP contribution in [0.3, 0.4) is 0 Å². The summed E-state index contributed by atoms with van der Waals surface area (Å²) in [4.78, 5) is 26.8. The van der Waals surface area contributed by atoms with Crippen LogP contribution in [0, 0.1) is 18.3 Å². The Morgan fingerprint density at radius 1 is 0.821 bits per heavy atom. The summed E-state index contributed by atoms with van der Waals surface area (Å²) in [5.74, 6) is 2.50. The van der Waals surface area contributed by atoms with E-state index in [1.54, 1.807) is 75.2 Å². The third kappa shape index (κ3) is 12.7. The Morgan fingerprint density at radius 2 is 1.57 bits per heavy atom. The van der Waals surface area contributed by atoms with Crippen molar-refractivity contribution in [1.82, 2.24) is 20.3 Å². The minimum atomic E-state index is -0.515. The van der Waals surface area contributed by atoms with Gasteiger partial charge in [-0.05, 0) is 55.3 Å². The molecule has 2 amide bonds. The second-order valence-electron chi connectivity index (χ2n) is 12.7. The van der Waals surface area contributed by atoms with E-state index in [2.05, 4.69) is 36.2 Å². The molecule has 0 aliphatic rings. The Morgan fingerprint density at radius 3 is 2.32 bits per heavy atom. The van der Waals surface area contributed by atoms with E-state index < -0.39 is 6.03 Å². The second kappa shape index (κ2) is 21.0. The first-order valence-electron chi connectivity index (χ1n) is 18.0. The van der Waals surface area contributed by atoms with Crippen molar-refractivity contribution in [3.8, 4) is 23.1 Å². The predicted octanol–water partition coefficient (Wildman–Crippen LogP) is 7.69. The fraction of sp³-hybridized carbons (Fsp3) is 0.293. The van der Waals surface area contributed by atoms with Gasteiger partial charge in [0.05, 0.1) is 51.3 Å². The Balaban J connectivity index is 1.24. The molecule has 56 heavy (non-hydrogen) atoms. The van der Waals surface area contributed by atoms with Crippen LogP contribution in [-0.2, 0) is 14.2 Å². The number of carbonyl (C=O) groups is 1. The molecule has 2 heterocycles. The van der Waals surface area contributed by atoms with Gasteiger partial charge in [-0.1, -0.05) is 31.5 Å². The van der Waals surface area contributed by atoms with Gasteiger partial charge in [-0.2, -0.15) is 4.98 Å². The lowest BCUT2D eigenvalue weighted by molar-refractivity contribution is 0.0179. The van der Waals surface area contributed by atoms with Crippen LogP contribution in [0.15, 0.2) is 97.1 Å². The fourth-order valence-corrected chi connectivity index (χ4v) is 5.06. The van der Waals surface area contributed by atoms with Gasteiger partial charge in [0.1, 0.15) is 29.7 Å². The molecule has 0 saturated carbocycles. The molecule has 5 aromatic rings. The highest BCUT2D eigenvalue weighted by Gasteiger charge is 2.15. The summed E-state index contributed by atoms with van der Waals surface area (Å²) < 4.78 is 33.5. The quantitative estimate of drug-likeness (QED) is 0.0363. The van der Waals surface area contributed by atoms with E-state index in [-0.39, 0.29) is 17.7 Å². The van der Waals surface area contributed by atoms with Crippen LogP contribution < -0.4 is 35.5 Å². The second-order valence-corrected chi connectivity index (χ2v) is 12.7. The van der Waals surface area contributed by atoms with E-state index in [4.69, 9.17) is 33.8 Å². The number of allylic oxidation sites excluding steroid dienone is 1. The molecule has 0 unspecified atom stereocenters. The molecular weight excluding hydrogens is 716 g/mol. The van der Waals surface area contributed by atoms with Gasteiger partial charge in [-0.25, -0.2) is 9.78 Å². The van der Waals surface area contributed by atoms with E-state index in [1.807, 2.05) is 51.1 Å². The van der Waals surface area contributed by atoms with Gasteiger partial charge in [-0.15, -0.1) is 0 Å². The number of methoxy groups -OCH3 is 2. The highest BCUT2D eigenvalue weighted by atomic mass is 16.6. The van der Waals surface area contributed by atoms with Crippen molar-refractivity contribution in [2.45, 2.75) is 20.8 Å². The maximum absolute atomic E-state index is 13.3. The number of benzene rings is 3. The predicted molar refractivity (Wildman–Crippen MR) is 217 cm³/mol. The molecular formula is C41H48N8O7. The smallest absolute Gasteiger partial charge is 0.324 e. The molecule has 15 nitrogen and oxygen atoms in total. The van der Waals surface area contributed by atoms with Crippen molar-refractivity contribution in [2.75, 3.05) is 69.8 Å². The van der Waals surface area contributed by atoms with Crippen LogP contribution in [0.2, 0.25) is 0 Å². The minimum absolute atomic E-state index is 0.0363. The first-order valence-corrected chi connectivity index (χ1v) is 18.0. The first-order chi connectivity index (χ1) is 27.2. The van der Waals surface area contributed by atoms with Crippen molar-refractivity contribution in [3.05, 3.63) is 103 Å². The Labute approximate surface area is 326 Å². The number of anilines is 4. The average molecular weight is 765 g/mol. The van der Waals surface area contributed by atoms with Gasteiger partial charge in [0, 0.05) is 66.2 Å². The number of hydrogen-bond donors (Lipinski definition) is 5. The number of urea groups is 1. The molecule has 0 atom stereocenters. The molecule has 5 rings (SSSR count). The molecule has 0 aliphatic heterocycles. The topological polar surface area (TPSA) is 183 Å². The van der Waals surface area contributed by atoms with E-state index in [9.17, 15) is 4.79 Å². The molecule has 15 heteroatoms. The average Bonchev–Trinajstić information content (AvgIpc) is 3.19. The van der Waals surface area contributed by atoms with Crippen LogP contribution in [0.5, 0.6) is 23.1 Å². The van der Waals surface area contributed by atoms with Crippen molar-refractivity contribution >= 4 is 45.7 Å². The van der Waals surface area contributed by atoms with Crippen molar-refractivity contribution in [1.29, 1.82) is 5.41 Å². The van der Waals surface area contributed by atoms with Gasteiger partial charge in [-0.3, -0.25) is 10.3 Å². The Kier molecular flexibility index (Phi) is 15.3. The zero-order chi connectivity index (χ0) is 39.7. The van der Waals surface area contributed by atoms with Crippen LogP contribution in [0.4, 0.5) is 27.8 Å². The summed E-state index contributed by atoms with van der Waals surface area (Å²) in [5.41, 5.74) is 3.83. The third-order valence-electron chi connectivity index (χ3n) is 8.00. The Bertz CT molecular complexity index is 2090. The van der Waals surface area contributed by atoms with Crippen LogP contribution >= 0.6 is 0 Å². The molecule has 0 radical (unpaired) electrons. The van der Waals surface area contributed by atoms with E-state index >= 15 is 0 Å². The summed E-state index contributed by atoms with van der Waals surface area (Å²) in [6.07, 6.45) is 4.81. The van der Waals surface area contributed by atoms with E-state index in [0.717, 1.165) is 11.3 Å². The molecule has 294 valence electrons. The van der Waals surface area contributed by atoms with Crippen LogP contribution in [0.1, 0.15) is 19.4 Å². The fourth-order valence-electron chi connectivity index (χ4n) is 5.06. The maximum atomic E-state index is 13.3. The molecule has 0 saturated heterocycles. The number of pyridine rings is 1. The van der Waals surface area contributed by atoms with Crippen LogP contribution in [0.25, 0.3) is 10.9 Å². The number of nitrogens with zero attached hydrogens (tertiary/aromatic N) is 3. The first kappa shape index (κ1) is 40.9. The minimum Gasteiger partial charge on any atom is -0.497 e. The molecule has 0 spiro atoms. The summed E-state index contributed by atoms with van der Waals surface area (Å²) in [6.45, 7) is 8.55. The zero-order valence-electron chi connectivity index (χ0n) is 32.2. The van der Waals surface area contributed by atoms with Crippen molar-refractivity contribution in [2.24, 2.45) is 5.92 Å². The number of aromatic nitrogens is 3. The maximum Gasteiger partial charge on any atom is 0.324 e. The molecule has 0 bridgehead atoms. The lowest BCUT2D eigenvalue weighted by atomic mass is 10.1. The van der Waals surface area contributed by atoms with Gasteiger partial charge in [0.15, 0.2) is 0 Å². The normalized spacial score (nSPS) is 11.3. The molecule has 5 N–H and O–H groups in total. The lowest BCUT2D eigenvalue weighted by Crippen LogP contribution is -2.32. The number of fused-ring (bicyclic) bond motifs is 1. The summed E-state index contributed by atoms with van der Waals surface area (Å²) in [7, 11) is 3.21. The Hall–Kier alpha value is -6.29.